The Hall–Kier alpha value is -1.98. The summed E-state index contributed by atoms with van der Waals surface area (Å²) in [5, 5.41) is 10.4. The van der Waals surface area contributed by atoms with Crippen LogP contribution in [0.3, 0.4) is 0 Å². The van der Waals surface area contributed by atoms with Gasteiger partial charge in [0.2, 0.25) is 0 Å². The van der Waals surface area contributed by atoms with Gasteiger partial charge in [0.25, 0.3) is 0 Å². The van der Waals surface area contributed by atoms with Crippen molar-refractivity contribution in [1.29, 1.82) is 0 Å². The van der Waals surface area contributed by atoms with Gasteiger partial charge in [-0.1, -0.05) is 18.2 Å². The zero-order chi connectivity index (χ0) is 13.5. The monoisotopic (exact) mass is 283 g/mol. The maximum absolute atomic E-state index is 10.4. The predicted octanol–water partition coefficient (Wildman–Crippen LogP) is 2.90. The molecule has 4 rings (SSSR count). The van der Waals surface area contributed by atoms with E-state index in [1.807, 2.05) is 24.7 Å². The van der Waals surface area contributed by atoms with Gasteiger partial charge in [-0.05, 0) is 18.1 Å². The average molecular weight is 283 g/mol. The Labute approximate surface area is 120 Å². The molecule has 0 saturated carbocycles. The van der Waals surface area contributed by atoms with E-state index < -0.39 is 6.10 Å². The molecule has 0 amide bonds. The highest BCUT2D eigenvalue weighted by Gasteiger charge is 2.31. The number of fused-ring (bicyclic) bond motifs is 3. The van der Waals surface area contributed by atoms with Crippen molar-refractivity contribution in [2.24, 2.45) is 0 Å². The van der Waals surface area contributed by atoms with Crippen LogP contribution < -0.4 is 0 Å². The Morgan fingerprint density at radius 3 is 3.00 bits per heavy atom. The topological polar surface area (TPSA) is 50.9 Å². The van der Waals surface area contributed by atoms with Crippen molar-refractivity contribution < 1.29 is 5.11 Å². The highest BCUT2D eigenvalue weighted by atomic mass is 32.1. The molecule has 5 heteroatoms. The van der Waals surface area contributed by atoms with Gasteiger partial charge in [-0.3, -0.25) is 4.98 Å². The molecular weight excluding hydrogens is 270 g/mol. The molecule has 1 aliphatic heterocycles. The summed E-state index contributed by atoms with van der Waals surface area (Å²) in [4.78, 5) is 9.19. The van der Waals surface area contributed by atoms with Gasteiger partial charge < -0.3 is 9.67 Å². The zero-order valence-corrected chi connectivity index (χ0v) is 11.5. The molecule has 1 aromatic carbocycles. The molecule has 2 atom stereocenters. The van der Waals surface area contributed by atoms with E-state index in [0.29, 0.717) is 6.42 Å². The first kappa shape index (κ1) is 11.8. The van der Waals surface area contributed by atoms with Crippen LogP contribution in [0, 0.1) is 0 Å². The summed E-state index contributed by atoms with van der Waals surface area (Å²) in [6.45, 7) is 0. The number of nitrogens with zero attached hydrogens (tertiary/aromatic N) is 3. The van der Waals surface area contributed by atoms with E-state index in [4.69, 9.17) is 0 Å². The molecule has 2 unspecified atom stereocenters. The summed E-state index contributed by atoms with van der Waals surface area (Å²) in [6, 6.07) is 8.31. The molecule has 0 bridgehead atoms. The molecule has 0 radical (unpaired) electrons. The lowest BCUT2D eigenvalue weighted by molar-refractivity contribution is 0.165. The van der Waals surface area contributed by atoms with Crippen LogP contribution in [0.2, 0.25) is 0 Å². The Balaban J connectivity index is 1.72. The second-order valence-corrected chi connectivity index (χ2v) is 5.87. The molecule has 3 heterocycles. The van der Waals surface area contributed by atoms with Crippen LogP contribution in [0.25, 0.3) is 5.69 Å². The summed E-state index contributed by atoms with van der Waals surface area (Å²) >= 11 is 1.50. The number of aliphatic hydroxyl groups excluding tert-OH is 1. The number of aromatic nitrogens is 3. The minimum Gasteiger partial charge on any atom is -0.387 e. The van der Waals surface area contributed by atoms with Crippen molar-refractivity contribution in [2.75, 3.05) is 0 Å². The molecule has 0 spiro atoms. The highest BCUT2D eigenvalue weighted by Crippen LogP contribution is 2.42. The lowest BCUT2D eigenvalue weighted by Crippen LogP contribution is -2.04. The van der Waals surface area contributed by atoms with Gasteiger partial charge in [0, 0.05) is 18.3 Å². The summed E-state index contributed by atoms with van der Waals surface area (Å²) < 4.78 is 2.11. The maximum Gasteiger partial charge on any atom is 0.0994 e. The van der Waals surface area contributed by atoms with Gasteiger partial charge in [-0.25, -0.2) is 4.98 Å². The Bertz CT molecular complexity index is 735. The van der Waals surface area contributed by atoms with Crippen molar-refractivity contribution >= 4 is 11.3 Å². The molecule has 0 fully saturated rings. The fraction of sp³-hybridized carbons (Fsp3) is 0.200. The molecule has 100 valence electrons. The quantitative estimate of drug-likeness (QED) is 0.804. The fourth-order valence-electron chi connectivity index (χ4n) is 2.90. The normalized spacial score (nSPS) is 17.8. The van der Waals surface area contributed by atoms with E-state index in [1.165, 1.54) is 22.6 Å². The maximum atomic E-state index is 10.4. The van der Waals surface area contributed by atoms with Crippen LogP contribution in [0.4, 0.5) is 0 Å². The molecule has 1 aliphatic rings. The van der Waals surface area contributed by atoms with E-state index >= 15 is 0 Å². The molecular formula is C15H13N3OS. The van der Waals surface area contributed by atoms with Crippen molar-refractivity contribution in [1.82, 2.24) is 14.5 Å². The summed E-state index contributed by atoms with van der Waals surface area (Å²) in [7, 11) is 0. The molecule has 0 saturated heterocycles. The average Bonchev–Trinajstić information content (AvgIpc) is 3.17. The second-order valence-electron chi connectivity index (χ2n) is 4.96. The number of hydrogen-bond acceptors (Lipinski definition) is 4. The van der Waals surface area contributed by atoms with Crippen molar-refractivity contribution in [3.8, 4) is 5.69 Å². The number of benzene rings is 1. The van der Waals surface area contributed by atoms with Crippen molar-refractivity contribution in [2.45, 2.75) is 18.4 Å². The first-order valence-corrected chi connectivity index (χ1v) is 7.40. The second kappa shape index (κ2) is 4.54. The molecule has 0 aliphatic carbocycles. The Morgan fingerprint density at radius 1 is 1.25 bits per heavy atom. The van der Waals surface area contributed by atoms with Crippen molar-refractivity contribution in [3.63, 3.8) is 0 Å². The largest absolute Gasteiger partial charge is 0.387 e. The van der Waals surface area contributed by atoms with E-state index in [0.717, 1.165) is 10.6 Å². The minimum atomic E-state index is -0.484. The van der Waals surface area contributed by atoms with Gasteiger partial charge >= 0.3 is 0 Å². The van der Waals surface area contributed by atoms with Crippen LogP contribution in [0.5, 0.6) is 0 Å². The van der Waals surface area contributed by atoms with Crippen LogP contribution in [0.15, 0.2) is 48.5 Å². The van der Waals surface area contributed by atoms with Crippen LogP contribution >= 0.6 is 11.3 Å². The predicted molar refractivity (Wildman–Crippen MR) is 77.1 cm³/mol. The highest BCUT2D eigenvalue weighted by molar-refractivity contribution is 7.09. The molecule has 4 nitrogen and oxygen atoms in total. The van der Waals surface area contributed by atoms with Gasteiger partial charge in [0.15, 0.2) is 0 Å². The van der Waals surface area contributed by atoms with Gasteiger partial charge in [-0.15, -0.1) is 11.3 Å². The number of para-hydroxylation sites is 1. The number of rotatable bonds is 3. The first-order chi connectivity index (χ1) is 9.84. The van der Waals surface area contributed by atoms with Gasteiger partial charge in [-0.2, -0.15) is 0 Å². The number of imidazole rings is 1. The third-order valence-electron chi connectivity index (χ3n) is 3.83. The van der Waals surface area contributed by atoms with Gasteiger partial charge in [0.05, 0.1) is 34.2 Å². The Kier molecular flexibility index (Phi) is 2.68. The molecule has 2 aromatic heterocycles. The number of thiazole rings is 1. The minimum absolute atomic E-state index is 0.186. The summed E-state index contributed by atoms with van der Waals surface area (Å²) in [5.41, 5.74) is 5.33. The summed E-state index contributed by atoms with van der Waals surface area (Å²) in [6.07, 6.45) is 5.65. The van der Waals surface area contributed by atoms with Crippen LogP contribution in [-0.4, -0.2) is 19.6 Å². The fourth-order valence-corrected chi connectivity index (χ4v) is 3.52. The summed E-state index contributed by atoms with van der Waals surface area (Å²) in [5.74, 6) is 0.186. The van der Waals surface area contributed by atoms with Crippen LogP contribution in [-0.2, 0) is 0 Å². The Morgan fingerprint density at radius 2 is 2.15 bits per heavy atom. The van der Waals surface area contributed by atoms with E-state index in [1.54, 1.807) is 11.7 Å². The van der Waals surface area contributed by atoms with Crippen LogP contribution in [0.1, 0.15) is 34.6 Å². The third-order valence-corrected chi connectivity index (χ3v) is 4.71. The van der Waals surface area contributed by atoms with E-state index in [9.17, 15) is 5.11 Å². The molecule has 20 heavy (non-hydrogen) atoms. The van der Waals surface area contributed by atoms with E-state index in [-0.39, 0.29) is 5.92 Å². The molecule has 3 aromatic rings. The molecule has 1 N–H and O–H groups in total. The smallest absolute Gasteiger partial charge is 0.0994 e. The standard InChI is InChI=1S/C15H13N3OS/c19-14(15-7-17-9-20-15)5-11-10-3-1-2-4-12(10)18-8-16-6-13(11)18/h1-4,6-9,11,14,19H,5H2. The third kappa shape index (κ3) is 1.71. The van der Waals surface area contributed by atoms with E-state index in [2.05, 4.69) is 26.7 Å². The SMILES string of the molecule is OC(CC1c2ccccc2-n2cncc21)c1cncs1. The zero-order valence-electron chi connectivity index (χ0n) is 10.7. The lowest BCUT2D eigenvalue weighted by Gasteiger charge is -2.15. The van der Waals surface area contributed by atoms with Gasteiger partial charge in [0.1, 0.15) is 0 Å². The first-order valence-electron chi connectivity index (χ1n) is 6.52. The number of hydrogen-bond donors (Lipinski definition) is 1. The number of aliphatic hydroxyl groups is 1. The van der Waals surface area contributed by atoms with Crippen molar-refractivity contribution in [3.05, 3.63) is 64.6 Å². The lowest BCUT2D eigenvalue weighted by atomic mass is 9.92.